The number of nitrogens with two attached hydrogens (primary N) is 1. The third-order valence-corrected chi connectivity index (χ3v) is 1.45. The lowest BCUT2D eigenvalue weighted by atomic mass is 10.2. The van der Waals surface area contributed by atoms with E-state index in [1.54, 1.807) is 12.1 Å². The number of anilines is 1. The van der Waals surface area contributed by atoms with Crippen molar-refractivity contribution in [3.05, 3.63) is 29.6 Å². The molecule has 1 rings (SSSR count). The van der Waals surface area contributed by atoms with Gasteiger partial charge in [0, 0.05) is 0 Å². The highest BCUT2D eigenvalue weighted by molar-refractivity contribution is 6.19. The zero-order valence-electron chi connectivity index (χ0n) is 6.27. The number of halogens is 2. The fourth-order valence-corrected chi connectivity index (χ4v) is 0.842. The minimum atomic E-state index is -0.477. The minimum Gasteiger partial charge on any atom is -0.396 e. The number of hydrogen-bond donors (Lipinski definition) is 1. The van der Waals surface area contributed by atoms with Gasteiger partial charge in [-0.3, -0.25) is 0 Å². The fraction of sp³-hybridized carbons (Fsp3) is 0.111. The molecule has 0 aliphatic carbocycles. The second-order valence-electron chi connectivity index (χ2n) is 2.14. The molecule has 1 aromatic rings. The van der Waals surface area contributed by atoms with Crippen molar-refractivity contribution in [2.45, 2.75) is 0 Å². The first-order valence-corrected chi connectivity index (χ1v) is 3.88. The highest BCUT2D eigenvalue weighted by atomic mass is 35.5. The van der Waals surface area contributed by atoms with Crippen LogP contribution in [0.25, 0.3) is 0 Å². The zero-order chi connectivity index (χ0) is 8.97. The summed E-state index contributed by atoms with van der Waals surface area (Å²) >= 11 is 5.32. The molecule has 0 atom stereocenters. The minimum absolute atomic E-state index is 0.108. The molecule has 0 saturated carbocycles. The predicted molar refractivity (Wildman–Crippen MR) is 48.4 cm³/mol. The standard InChI is InChI=1S/C9H7ClFN/c10-6-2-4-7-3-1-5-8(12)9(7)11/h1,3,5H,6,12H2. The van der Waals surface area contributed by atoms with Gasteiger partial charge in [-0.1, -0.05) is 17.9 Å². The summed E-state index contributed by atoms with van der Waals surface area (Å²) < 4.78 is 13.1. The third kappa shape index (κ3) is 1.90. The Hall–Kier alpha value is -1.20. The van der Waals surface area contributed by atoms with E-state index in [0.717, 1.165) is 0 Å². The highest BCUT2D eigenvalue weighted by Crippen LogP contribution is 2.12. The molecule has 0 radical (unpaired) electrons. The summed E-state index contributed by atoms with van der Waals surface area (Å²) in [5, 5.41) is 0. The Morgan fingerprint density at radius 1 is 1.50 bits per heavy atom. The first kappa shape index (κ1) is 8.89. The predicted octanol–water partition coefficient (Wildman–Crippen LogP) is 2.00. The molecule has 0 amide bonds. The summed E-state index contributed by atoms with van der Waals surface area (Å²) in [5.74, 6) is 4.83. The summed E-state index contributed by atoms with van der Waals surface area (Å²) in [6.45, 7) is 0. The molecular weight excluding hydrogens is 177 g/mol. The maximum absolute atomic E-state index is 13.1. The van der Waals surface area contributed by atoms with Crippen LogP contribution in [0.2, 0.25) is 0 Å². The summed E-state index contributed by atoms with van der Waals surface area (Å²) in [7, 11) is 0. The molecule has 0 aromatic heterocycles. The second kappa shape index (κ2) is 3.99. The van der Waals surface area contributed by atoms with E-state index < -0.39 is 5.82 Å². The summed E-state index contributed by atoms with van der Waals surface area (Å²) in [5.41, 5.74) is 5.71. The third-order valence-electron chi connectivity index (χ3n) is 1.32. The lowest BCUT2D eigenvalue weighted by molar-refractivity contribution is 0.629. The molecule has 1 aromatic carbocycles. The van der Waals surface area contributed by atoms with Crippen molar-refractivity contribution in [1.29, 1.82) is 0 Å². The molecule has 0 fully saturated rings. The normalized spacial score (nSPS) is 8.83. The van der Waals surface area contributed by atoms with E-state index in [1.807, 2.05) is 0 Å². The van der Waals surface area contributed by atoms with Gasteiger partial charge >= 0.3 is 0 Å². The first-order chi connectivity index (χ1) is 5.75. The van der Waals surface area contributed by atoms with E-state index >= 15 is 0 Å². The second-order valence-corrected chi connectivity index (χ2v) is 2.41. The van der Waals surface area contributed by atoms with Crippen LogP contribution in [0.5, 0.6) is 0 Å². The van der Waals surface area contributed by atoms with E-state index in [1.165, 1.54) is 6.07 Å². The van der Waals surface area contributed by atoms with Crippen LogP contribution < -0.4 is 5.73 Å². The quantitative estimate of drug-likeness (QED) is 0.372. The first-order valence-electron chi connectivity index (χ1n) is 3.34. The van der Waals surface area contributed by atoms with Gasteiger partial charge in [0.2, 0.25) is 0 Å². The maximum Gasteiger partial charge on any atom is 0.161 e. The molecule has 0 heterocycles. The molecule has 0 spiro atoms. The van der Waals surface area contributed by atoms with Crippen LogP contribution in [0.1, 0.15) is 5.56 Å². The monoisotopic (exact) mass is 183 g/mol. The number of hydrogen-bond acceptors (Lipinski definition) is 1. The fourth-order valence-electron chi connectivity index (χ4n) is 0.775. The molecule has 3 heteroatoms. The Morgan fingerprint density at radius 2 is 2.25 bits per heavy atom. The topological polar surface area (TPSA) is 26.0 Å². The van der Waals surface area contributed by atoms with E-state index in [2.05, 4.69) is 11.8 Å². The number of nitrogen functional groups attached to an aromatic ring is 1. The number of rotatable bonds is 0. The van der Waals surface area contributed by atoms with Crippen molar-refractivity contribution in [2.24, 2.45) is 0 Å². The van der Waals surface area contributed by atoms with Gasteiger partial charge < -0.3 is 5.73 Å². The summed E-state index contributed by atoms with van der Waals surface area (Å²) in [6.07, 6.45) is 0. The Bertz CT molecular complexity index is 338. The molecule has 0 saturated heterocycles. The number of alkyl halides is 1. The summed E-state index contributed by atoms with van der Waals surface area (Å²) in [4.78, 5) is 0. The van der Waals surface area contributed by atoms with E-state index in [-0.39, 0.29) is 17.1 Å². The van der Waals surface area contributed by atoms with Gasteiger partial charge in [0.05, 0.1) is 17.1 Å². The van der Waals surface area contributed by atoms with E-state index in [0.29, 0.717) is 0 Å². The molecule has 62 valence electrons. The van der Waals surface area contributed by atoms with Gasteiger partial charge in [-0.15, -0.1) is 11.6 Å². The molecule has 0 unspecified atom stereocenters. The van der Waals surface area contributed by atoms with Crippen molar-refractivity contribution >= 4 is 17.3 Å². The average molecular weight is 184 g/mol. The SMILES string of the molecule is Nc1cccc(C#CCCl)c1F. The molecule has 2 N–H and O–H groups in total. The van der Waals surface area contributed by atoms with Gasteiger partial charge in [0.15, 0.2) is 5.82 Å². The van der Waals surface area contributed by atoms with Crippen LogP contribution in [-0.4, -0.2) is 5.88 Å². The molecular formula is C9H7ClFN. The van der Waals surface area contributed by atoms with Crippen molar-refractivity contribution in [2.75, 3.05) is 11.6 Å². The Morgan fingerprint density at radius 3 is 2.92 bits per heavy atom. The lowest BCUT2D eigenvalue weighted by Gasteiger charge is -1.96. The van der Waals surface area contributed by atoms with Gasteiger partial charge in [-0.25, -0.2) is 4.39 Å². The van der Waals surface area contributed by atoms with E-state index in [4.69, 9.17) is 17.3 Å². The van der Waals surface area contributed by atoms with Gasteiger partial charge in [-0.05, 0) is 12.1 Å². The molecule has 0 aliphatic heterocycles. The lowest BCUT2D eigenvalue weighted by Crippen LogP contribution is -1.92. The van der Waals surface area contributed by atoms with Crippen molar-refractivity contribution < 1.29 is 4.39 Å². The highest BCUT2D eigenvalue weighted by Gasteiger charge is 2.00. The summed E-state index contributed by atoms with van der Waals surface area (Å²) in [6, 6.07) is 4.70. The Balaban J connectivity index is 3.08. The van der Waals surface area contributed by atoms with Crippen LogP contribution in [0.15, 0.2) is 18.2 Å². The van der Waals surface area contributed by atoms with Gasteiger partial charge in [0.25, 0.3) is 0 Å². The Labute approximate surface area is 75.3 Å². The molecule has 0 bridgehead atoms. The van der Waals surface area contributed by atoms with Gasteiger partial charge in [0.1, 0.15) is 0 Å². The van der Waals surface area contributed by atoms with Crippen LogP contribution in [-0.2, 0) is 0 Å². The molecule has 1 nitrogen and oxygen atoms in total. The van der Waals surface area contributed by atoms with Crippen LogP contribution in [0, 0.1) is 17.7 Å². The van der Waals surface area contributed by atoms with Crippen LogP contribution >= 0.6 is 11.6 Å². The van der Waals surface area contributed by atoms with Crippen LogP contribution in [0.4, 0.5) is 10.1 Å². The van der Waals surface area contributed by atoms with Crippen molar-refractivity contribution in [3.63, 3.8) is 0 Å². The smallest absolute Gasteiger partial charge is 0.161 e. The largest absolute Gasteiger partial charge is 0.396 e. The van der Waals surface area contributed by atoms with Crippen molar-refractivity contribution in [3.8, 4) is 11.8 Å². The van der Waals surface area contributed by atoms with Crippen LogP contribution in [0.3, 0.4) is 0 Å². The molecule has 0 aliphatic rings. The Kier molecular flexibility index (Phi) is 2.95. The van der Waals surface area contributed by atoms with E-state index in [9.17, 15) is 4.39 Å². The van der Waals surface area contributed by atoms with Gasteiger partial charge in [-0.2, -0.15) is 0 Å². The number of benzene rings is 1. The maximum atomic E-state index is 13.1. The average Bonchev–Trinajstić information content (AvgIpc) is 2.08. The molecule has 12 heavy (non-hydrogen) atoms. The van der Waals surface area contributed by atoms with Crippen molar-refractivity contribution in [1.82, 2.24) is 0 Å². The zero-order valence-corrected chi connectivity index (χ0v) is 7.03.